The fourth-order valence-electron chi connectivity index (χ4n) is 8.23. The van der Waals surface area contributed by atoms with Gasteiger partial charge in [0.05, 0.1) is 4.47 Å². The summed E-state index contributed by atoms with van der Waals surface area (Å²) in [6, 6.07) is 12.7. The molecule has 3 saturated heterocycles. The molecule has 4 N–H and O–H groups in total. The van der Waals surface area contributed by atoms with E-state index >= 15 is 0 Å². The highest BCUT2D eigenvalue weighted by Crippen LogP contribution is 2.34. The second kappa shape index (κ2) is 16.6. The van der Waals surface area contributed by atoms with Crippen LogP contribution in [0, 0.1) is 11.8 Å². The van der Waals surface area contributed by atoms with Crippen molar-refractivity contribution in [1.29, 1.82) is 0 Å². The second-order valence-corrected chi connectivity index (χ2v) is 15.0. The molecule has 4 aliphatic heterocycles. The number of nitrogens with zero attached hydrogens (tertiary/aromatic N) is 4. The predicted octanol–water partition coefficient (Wildman–Crippen LogP) is 4.17. The maximum atomic E-state index is 14.0. The molecule has 13 nitrogen and oxygen atoms in total. The minimum absolute atomic E-state index is 0.00627. The van der Waals surface area contributed by atoms with E-state index in [-0.39, 0.29) is 30.2 Å². The molecule has 0 radical (unpaired) electrons. The molecule has 51 heavy (non-hydrogen) atoms. The number of methoxy groups -OCH3 is 1. The molecule has 14 heteroatoms. The number of anilines is 1. The van der Waals surface area contributed by atoms with Crippen molar-refractivity contribution >= 4 is 45.6 Å². The van der Waals surface area contributed by atoms with Crippen LogP contribution < -0.4 is 11.1 Å². The van der Waals surface area contributed by atoms with Crippen LogP contribution in [0.3, 0.4) is 0 Å². The van der Waals surface area contributed by atoms with E-state index in [0.717, 1.165) is 62.0 Å². The van der Waals surface area contributed by atoms with Gasteiger partial charge in [-0.1, -0.05) is 24.3 Å². The van der Waals surface area contributed by atoms with Gasteiger partial charge < -0.3 is 40.3 Å². The van der Waals surface area contributed by atoms with Crippen molar-refractivity contribution in [1.82, 2.24) is 19.6 Å². The fraction of sp³-hybridized carbons (Fsp3) is 0.568. The number of nitrogens with two attached hydrogens (primary N) is 1. The molecule has 276 valence electrons. The van der Waals surface area contributed by atoms with E-state index in [1.807, 2.05) is 39.0 Å². The second-order valence-electron chi connectivity index (χ2n) is 14.1. The summed E-state index contributed by atoms with van der Waals surface area (Å²) in [6.45, 7) is 4.07. The van der Waals surface area contributed by atoms with Gasteiger partial charge in [-0.25, -0.2) is 9.59 Å². The van der Waals surface area contributed by atoms with Gasteiger partial charge in [0.1, 0.15) is 5.75 Å². The first-order valence-corrected chi connectivity index (χ1v) is 18.8. The number of halogens is 1. The zero-order chi connectivity index (χ0) is 36.1. The summed E-state index contributed by atoms with van der Waals surface area (Å²) in [7, 11) is 1.50. The number of hydrogen-bond donors (Lipinski definition) is 3. The number of para-hydroxylation sites is 1. The maximum Gasteiger partial charge on any atom is 0.410 e. The van der Waals surface area contributed by atoms with Gasteiger partial charge in [-0.15, -0.1) is 0 Å². The van der Waals surface area contributed by atoms with Crippen molar-refractivity contribution in [2.75, 3.05) is 58.2 Å². The Balaban J connectivity index is 1.04. The Labute approximate surface area is 307 Å². The summed E-state index contributed by atoms with van der Waals surface area (Å²) in [4.78, 5) is 59.8. The summed E-state index contributed by atoms with van der Waals surface area (Å²) >= 11 is 3.36. The first-order valence-electron chi connectivity index (χ1n) is 18.0. The maximum absolute atomic E-state index is 14.0. The van der Waals surface area contributed by atoms with Crippen LogP contribution >= 0.6 is 15.9 Å². The van der Waals surface area contributed by atoms with E-state index in [2.05, 4.69) is 21.2 Å². The minimum atomic E-state index is -1.03. The van der Waals surface area contributed by atoms with Crippen molar-refractivity contribution in [3.05, 3.63) is 58.1 Å². The van der Waals surface area contributed by atoms with Crippen molar-refractivity contribution in [2.24, 2.45) is 17.6 Å². The van der Waals surface area contributed by atoms with Crippen molar-refractivity contribution < 1.29 is 33.8 Å². The summed E-state index contributed by atoms with van der Waals surface area (Å²) in [5.74, 6) is 0.340. The van der Waals surface area contributed by atoms with E-state index in [4.69, 9.17) is 15.2 Å². The lowest BCUT2D eigenvalue weighted by atomic mass is 9.78. The zero-order valence-corrected chi connectivity index (χ0v) is 30.8. The van der Waals surface area contributed by atoms with Crippen molar-refractivity contribution in [3.8, 4) is 5.75 Å². The Hall–Kier alpha value is -3.88. The first-order chi connectivity index (χ1) is 24.6. The van der Waals surface area contributed by atoms with E-state index < -0.39 is 24.3 Å². The third kappa shape index (κ3) is 8.78. The number of rotatable bonds is 9. The number of benzene rings is 2. The van der Waals surface area contributed by atoms with Gasteiger partial charge >= 0.3 is 12.1 Å². The Morgan fingerprint density at radius 2 is 1.57 bits per heavy atom. The molecule has 4 heterocycles. The lowest BCUT2D eigenvalue weighted by Gasteiger charge is -2.42. The van der Waals surface area contributed by atoms with Gasteiger partial charge in [0, 0.05) is 71.1 Å². The molecule has 3 fully saturated rings. The van der Waals surface area contributed by atoms with E-state index in [1.165, 1.54) is 7.11 Å². The van der Waals surface area contributed by atoms with Gasteiger partial charge in [0.25, 0.3) is 11.8 Å². The molecule has 0 aromatic heterocycles. The highest BCUT2D eigenvalue weighted by molar-refractivity contribution is 9.10. The van der Waals surface area contributed by atoms with Gasteiger partial charge in [-0.2, -0.15) is 0 Å². The summed E-state index contributed by atoms with van der Waals surface area (Å²) in [6.07, 6.45) is 3.48. The van der Waals surface area contributed by atoms with Crippen LogP contribution in [0.2, 0.25) is 0 Å². The number of amides is 5. The average molecular weight is 770 g/mol. The van der Waals surface area contributed by atoms with Crippen molar-refractivity contribution in [2.45, 2.75) is 69.7 Å². The number of fused-ring (bicyclic) bond motifs is 1. The molecule has 0 saturated carbocycles. The zero-order valence-electron chi connectivity index (χ0n) is 29.2. The normalized spacial score (nSPS) is 21.0. The number of nitrogens with one attached hydrogen (secondary N) is 1. The average Bonchev–Trinajstić information content (AvgIpc) is 3.31. The molecule has 0 aliphatic carbocycles. The number of urea groups is 1. The number of hydrogen-bond acceptors (Lipinski definition) is 8. The molecule has 2 atom stereocenters. The number of aromatic hydroxyl groups is 1. The van der Waals surface area contributed by atoms with Crippen LogP contribution in [0.15, 0.2) is 46.9 Å². The molecular formula is C37H49BrN6O7. The molecule has 0 bridgehead atoms. The lowest BCUT2D eigenvalue weighted by molar-refractivity contribution is -0.143. The molecule has 0 spiro atoms. The Bertz CT molecular complexity index is 1570. The monoisotopic (exact) mass is 768 g/mol. The van der Waals surface area contributed by atoms with E-state index in [1.54, 1.807) is 23.1 Å². The summed E-state index contributed by atoms with van der Waals surface area (Å²) in [5, 5.41) is 13.1. The number of phenolic OH excluding ortho intramolecular Hbond substituents is 1. The molecule has 5 amide bonds. The van der Waals surface area contributed by atoms with Gasteiger partial charge in [-0.05, 0) is 102 Å². The van der Waals surface area contributed by atoms with Crippen LogP contribution in [0.5, 0.6) is 5.75 Å². The predicted molar refractivity (Wildman–Crippen MR) is 194 cm³/mol. The number of phenols is 1. The molecule has 4 aliphatic rings. The topological polar surface area (TPSA) is 158 Å². The minimum Gasteiger partial charge on any atom is -0.507 e. The van der Waals surface area contributed by atoms with Gasteiger partial charge in [-0.3, -0.25) is 14.5 Å². The quantitative estimate of drug-likeness (QED) is 0.343. The summed E-state index contributed by atoms with van der Waals surface area (Å²) < 4.78 is 11.8. The Morgan fingerprint density at radius 3 is 2.22 bits per heavy atom. The molecule has 6 rings (SSSR count). The third-order valence-corrected chi connectivity index (χ3v) is 11.8. The Kier molecular flexibility index (Phi) is 12.0. The largest absolute Gasteiger partial charge is 0.507 e. The van der Waals surface area contributed by atoms with Gasteiger partial charge in [0.15, 0.2) is 12.3 Å². The van der Waals surface area contributed by atoms with E-state index in [9.17, 15) is 24.3 Å². The molecule has 2 aromatic rings. The highest BCUT2D eigenvalue weighted by Gasteiger charge is 2.38. The van der Waals surface area contributed by atoms with Crippen LogP contribution in [0.1, 0.15) is 49.7 Å². The smallest absolute Gasteiger partial charge is 0.410 e. The molecule has 2 aromatic carbocycles. The van der Waals surface area contributed by atoms with Crippen LogP contribution in [-0.4, -0.2) is 120 Å². The number of carbonyl (C=O) groups is 4. The number of piperidine rings is 3. The van der Waals surface area contributed by atoms with Crippen LogP contribution in [0.25, 0.3) is 0 Å². The highest BCUT2D eigenvalue weighted by atomic mass is 79.9. The number of likely N-dealkylation sites (tertiary alicyclic amines) is 3. The van der Waals surface area contributed by atoms with Crippen LogP contribution in [0.4, 0.5) is 15.3 Å². The fourth-order valence-corrected chi connectivity index (χ4v) is 8.66. The summed E-state index contributed by atoms with van der Waals surface area (Å²) in [5.41, 5.74) is 8.21. The lowest BCUT2D eigenvalue weighted by Crippen LogP contribution is -2.52. The SMILES string of the molecule is COC(C(N)=O)N1CCC(C2CCN(C(=O)[C@@H](Cc3ccc(O)c(Br)c3)OC(=O)N3CCC(N4CCc5ccccc5NC4=O)CC3)CC2)CC1. The molecule has 1 unspecified atom stereocenters. The van der Waals surface area contributed by atoms with E-state index in [0.29, 0.717) is 61.9 Å². The van der Waals surface area contributed by atoms with Crippen LogP contribution in [-0.2, 0) is 31.9 Å². The molecular weight excluding hydrogens is 720 g/mol. The number of primary amides is 1. The number of carbonyl (C=O) groups excluding carboxylic acids is 4. The number of ether oxygens (including phenoxy) is 2. The van der Waals surface area contributed by atoms with Gasteiger partial charge in [0.2, 0.25) is 0 Å². The first kappa shape index (κ1) is 36.9. The third-order valence-electron chi connectivity index (χ3n) is 11.1. The Morgan fingerprint density at radius 1 is 0.922 bits per heavy atom. The standard InChI is InChI=1S/C37H49BrN6O7/c1-50-35(33(39)46)42-17-10-26(11-18-42)25-8-15-41(16-9-25)34(47)32(23-24-6-7-31(45)29(38)22-24)51-37(49)43-19-13-28(14-20-43)44-21-12-27-4-2-3-5-30(27)40-36(44)48/h2-7,22,25-26,28,32,35,45H,8-21,23H2,1H3,(H2,39,46)(H,40,48)/t32-,35?/m1/s1. The van der Waals surface area contributed by atoms with Crippen molar-refractivity contribution in [3.63, 3.8) is 0 Å².